The van der Waals surface area contributed by atoms with Crippen LogP contribution in [0.3, 0.4) is 0 Å². The summed E-state index contributed by atoms with van der Waals surface area (Å²) < 4.78 is 0. The average molecular weight is 534 g/mol. The van der Waals surface area contributed by atoms with Gasteiger partial charge in [-0.15, -0.1) is 0 Å². The van der Waals surface area contributed by atoms with Gasteiger partial charge in [-0.25, -0.2) is 4.79 Å². The lowest BCUT2D eigenvalue weighted by Gasteiger charge is -2.51. The van der Waals surface area contributed by atoms with Gasteiger partial charge in [-0.3, -0.25) is 9.59 Å². The minimum Gasteiger partial charge on any atom is -0.342 e. The van der Waals surface area contributed by atoms with Crippen LogP contribution in [0.25, 0.3) is 0 Å². The number of urea groups is 1. The zero-order valence-corrected chi connectivity index (χ0v) is 23.2. The molecule has 4 amide bonds. The van der Waals surface area contributed by atoms with Gasteiger partial charge in [0.25, 0.3) is 0 Å². The van der Waals surface area contributed by atoms with Gasteiger partial charge in [0, 0.05) is 39.3 Å². The molecule has 210 valence electrons. The third kappa shape index (κ3) is 7.60. The van der Waals surface area contributed by atoms with E-state index in [1.807, 2.05) is 41.3 Å². The molecule has 2 fully saturated rings. The van der Waals surface area contributed by atoms with Gasteiger partial charge in [0.05, 0.1) is 0 Å². The van der Waals surface area contributed by atoms with E-state index < -0.39 is 11.6 Å². The Bertz CT molecular complexity index is 1070. The van der Waals surface area contributed by atoms with E-state index in [2.05, 4.69) is 52.0 Å². The van der Waals surface area contributed by atoms with Crippen molar-refractivity contribution in [3.05, 3.63) is 71.8 Å². The van der Waals surface area contributed by atoms with E-state index in [0.29, 0.717) is 38.9 Å². The van der Waals surface area contributed by atoms with Crippen molar-refractivity contribution in [1.82, 2.24) is 25.8 Å². The SMILES string of the molecule is CCCN1C(=O)[C@H](CCCCNC(=O)NCc2ccccc2)NC(=O)C12CCN(CCc1ccccc1)CC2. The summed E-state index contributed by atoms with van der Waals surface area (Å²) in [6.45, 7) is 6.27. The maximum absolute atomic E-state index is 13.5. The van der Waals surface area contributed by atoms with E-state index in [1.165, 1.54) is 5.56 Å². The zero-order chi connectivity index (χ0) is 27.5. The number of piperidine rings is 1. The monoisotopic (exact) mass is 533 g/mol. The third-order valence-electron chi connectivity index (χ3n) is 8.00. The van der Waals surface area contributed by atoms with Crippen LogP contribution in [0, 0.1) is 0 Å². The number of carbonyl (C=O) groups is 3. The number of rotatable bonds is 12. The van der Waals surface area contributed by atoms with E-state index in [1.54, 1.807) is 0 Å². The maximum Gasteiger partial charge on any atom is 0.315 e. The van der Waals surface area contributed by atoms with Crippen LogP contribution in [0.4, 0.5) is 4.79 Å². The van der Waals surface area contributed by atoms with Crippen LogP contribution in [0.5, 0.6) is 0 Å². The highest BCUT2D eigenvalue weighted by Gasteiger charge is 2.52. The molecule has 2 heterocycles. The summed E-state index contributed by atoms with van der Waals surface area (Å²) in [6.07, 6.45) is 5.24. The molecule has 1 atom stereocenters. The summed E-state index contributed by atoms with van der Waals surface area (Å²) in [7, 11) is 0. The maximum atomic E-state index is 13.5. The van der Waals surface area contributed by atoms with Crippen molar-refractivity contribution in [3.63, 3.8) is 0 Å². The summed E-state index contributed by atoms with van der Waals surface area (Å²) in [5.74, 6) is 0.0458. The van der Waals surface area contributed by atoms with Gasteiger partial charge in [0.2, 0.25) is 11.8 Å². The second-order valence-corrected chi connectivity index (χ2v) is 10.7. The predicted molar refractivity (Wildman–Crippen MR) is 153 cm³/mol. The minimum absolute atomic E-state index is 0.00155. The fourth-order valence-electron chi connectivity index (χ4n) is 5.71. The van der Waals surface area contributed by atoms with Crippen LogP contribution in [0.2, 0.25) is 0 Å². The van der Waals surface area contributed by atoms with Crippen LogP contribution in [0.15, 0.2) is 60.7 Å². The second-order valence-electron chi connectivity index (χ2n) is 10.7. The van der Waals surface area contributed by atoms with Gasteiger partial charge < -0.3 is 25.8 Å². The lowest BCUT2D eigenvalue weighted by molar-refractivity contribution is -0.161. The molecule has 2 aromatic carbocycles. The summed E-state index contributed by atoms with van der Waals surface area (Å²) >= 11 is 0. The number of hydrogen-bond donors (Lipinski definition) is 3. The summed E-state index contributed by atoms with van der Waals surface area (Å²) in [4.78, 5) is 43.4. The highest BCUT2D eigenvalue weighted by atomic mass is 16.2. The lowest BCUT2D eigenvalue weighted by Crippen LogP contribution is -2.72. The molecule has 4 rings (SSSR count). The van der Waals surface area contributed by atoms with Crippen LogP contribution < -0.4 is 16.0 Å². The topological polar surface area (TPSA) is 93.8 Å². The van der Waals surface area contributed by atoms with Crippen LogP contribution >= 0.6 is 0 Å². The summed E-state index contributed by atoms with van der Waals surface area (Å²) in [6, 6.07) is 19.6. The Labute approximate surface area is 232 Å². The fraction of sp³-hybridized carbons (Fsp3) is 0.516. The molecule has 0 radical (unpaired) electrons. The van der Waals surface area contributed by atoms with E-state index in [9.17, 15) is 14.4 Å². The first kappa shape index (κ1) is 28.6. The fourth-order valence-corrected chi connectivity index (χ4v) is 5.71. The first-order chi connectivity index (χ1) is 19.0. The number of nitrogens with zero attached hydrogens (tertiary/aromatic N) is 2. The molecule has 2 aromatic rings. The highest BCUT2D eigenvalue weighted by Crippen LogP contribution is 2.34. The molecule has 0 aliphatic carbocycles. The Kier molecular flexibility index (Phi) is 10.4. The Morgan fingerprint density at radius 2 is 1.59 bits per heavy atom. The largest absolute Gasteiger partial charge is 0.342 e. The van der Waals surface area contributed by atoms with Crippen LogP contribution in [0.1, 0.15) is 56.6 Å². The molecule has 0 aromatic heterocycles. The molecule has 1 spiro atoms. The smallest absolute Gasteiger partial charge is 0.315 e. The van der Waals surface area contributed by atoms with Gasteiger partial charge in [-0.05, 0) is 56.1 Å². The van der Waals surface area contributed by atoms with E-state index in [-0.39, 0.29) is 17.8 Å². The number of likely N-dealkylation sites (tertiary alicyclic amines) is 1. The zero-order valence-electron chi connectivity index (χ0n) is 23.2. The molecule has 2 aliphatic rings. The summed E-state index contributed by atoms with van der Waals surface area (Å²) in [5.41, 5.74) is 1.64. The molecule has 39 heavy (non-hydrogen) atoms. The van der Waals surface area contributed by atoms with Crippen molar-refractivity contribution in [2.75, 3.05) is 32.7 Å². The van der Waals surface area contributed by atoms with Crippen molar-refractivity contribution >= 4 is 17.8 Å². The summed E-state index contributed by atoms with van der Waals surface area (Å²) in [5, 5.41) is 8.80. The van der Waals surface area contributed by atoms with Crippen LogP contribution in [-0.4, -0.2) is 71.9 Å². The molecule has 2 saturated heterocycles. The van der Waals surface area contributed by atoms with Crippen molar-refractivity contribution < 1.29 is 14.4 Å². The number of amides is 4. The molecular formula is C31H43N5O3. The molecule has 0 saturated carbocycles. The standard InChI is InChI=1S/C31H43N5O3/c1-2-20-36-28(37)27(15-9-10-19-32-30(39)33-24-26-13-7-4-8-14-26)34-29(38)31(36)17-22-35(23-18-31)21-16-25-11-5-3-6-12-25/h3-8,11-14,27H,2,9-10,15-24H2,1H3,(H,34,38)(H2,32,33,39)/t27-/m0/s1. The third-order valence-corrected chi connectivity index (χ3v) is 8.00. The molecule has 0 unspecified atom stereocenters. The van der Waals surface area contributed by atoms with Crippen LogP contribution in [-0.2, 0) is 22.6 Å². The number of hydrogen-bond acceptors (Lipinski definition) is 4. The van der Waals surface area contributed by atoms with Crippen molar-refractivity contribution in [2.24, 2.45) is 0 Å². The Morgan fingerprint density at radius 1 is 0.923 bits per heavy atom. The Hall–Kier alpha value is -3.39. The van der Waals surface area contributed by atoms with Crippen molar-refractivity contribution in [2.45, 2.75) is 70.0 Å². The van der Waals surface area contributed by atoms with E-state index in [0.717, 1.165) is 50.9 Å². The van der Waals surface area contributed by atoms with Gasteiger partial charge in [0.1, 0.15) is 11.6 Å². The second kappa shape index (κ2) is 14.1. The van der Waals surface area contributed by atoms with E-state index in [4.69, 9.17) is 0 Å². The van der Waals surface area contributed by atoms with Crippen molar-refractivity contribution in [3.8, 4) is 0 Å². The van der Waals surface area contributed by atoms with Gasteiger partial charge in [-0.2, -0.15) is 0 Å². The molecule has 3 N–H and O–H groups in total. The first-order valence-electron chi connectivity index (χ1n) is 14.5. The average Bonchev–Trinajstić information content (AvgIpc) is 2.97. The predicted octanol–water partition coefficient (Wildman–Crippen LogP) is 3.47. The highest BCUT2D eigenvalue weighted by molar-refractivity contribution is 6.00. The van der Waals surface area contributed by atoms with Gasteiger partial charge in [-0.1, -0.05) is 67.6 Å². The molecule has 8 nitrogen and oxygen atoms in total. The number of piperazine rings is 1. The Balaban J connectivity index is 1.21. The van der Waals surface area contributed by atoms with Gasteiger partial charge >= 0.3 is 6.03 Å². The molecule has 2 aliphatic heterocycles. The molecular weight excluding hydrogens is 490 g/mol. The normalized spacial score (nSPS) is 19.1. The minimum atomic E-state index is -0.731. The molecule has 8 heteroatoms. The first-order valence-corrected chi connectivity index (χ1v) is 14.5. The quantitative estimate of drug-likeness (QED) is 0.364. The number of benzene rings is 2. The van der Waals surface area contributed by atoms with E-state index >= 15 is 0 Å². The van der Waals surface area contributed by atoms with Crippen molar-refractivity contribution in [1.29, 1.82) is 0 Å². The Morgan fingerprint density at radius 3 is 2.26 bits per heavy atom. The number of nitrogens with one attached hydrogen (secondary N) is 3. The number of carbonyl (C=O) groups excluding carboxylic acids is 3. The molecule has 0 bridgehead atoms. The number of unbranched alkanes of at least 4 members (excludes halogenated alkanes) is 1. The lowest BCUT2D eigenvalue weighted by atomic mass is 9.81. The van der Waals surface area contributed by atoms with Gasteiger partial charge in [0.15, 0.2) is 0 Å².